The lowest BCUT2D eigenvalue weighted by molar-refractivity contribution is -0.129. The SMILES string of the molecule is CN(Cc1cccs1)C(=O)CNCCn1cccn1. The number of nitrogens with one attached hydrogen (secondary N) is 1. The Hall–Kier alpha value is -1.66. The molecule has 0 aliphatic carbocycles. The zero-order chi connectivity index (χ0) is 13.5. The van der Waals surface area contributed by atoms with Gasteiger partial charge in [0.15, 0.2) is 0 Å². The molecule has 6 heteroatoms. The van der Waals surface area contributed by atoms with Crippen LogP contribution in [0.3, 0.4) is 0 Å². The topological polar surface area (TPSA) is 50.2 Å². The Morgan fingerprint density at radius 2 is 2.42 bits per heavy atom. The molecule has 1 N–H and O–H groups in total. The summed E-state index contributed by atoms with van der Waals surface area (Å²) in [5, 5.41) is 9.26. The van der Waals surface area contributed by atoms with E-state index in [4.69, 9.17) is 0 Å². The molecule has 2 aromatic heterocycles. The molecule has 2 aromatic rings. The van der Waals surface area contributed by atoms with Crippen LogP contribution in [0.1, 0.15) is 4.88 Å². The molecule has 102 valence electrons. The molecule has 0 aromatic carbocycles. The van der Waals surface area contributed by atoms with Gasteiger partial charge in [0.2, 0.25) is 5.91 Å². The van der Waals surface area contributed by atoms with Crippen molar-refractivity contribution in [3.8, 4) is 0 Å². The fourth-order valence-corrected chi connectivity index (χ4v) is 2.44. The quantitative estimate of drug-likeness (QED) is 0.774. The number of rotatable bonds is 7. The predicted molar refractivity (Wildman–Crippen MR) is 75.9 cm³/mol. The Kier molecular flexibility index (Phi) is 5.11. The van der Waals surface area contributed by atoms with Crippen molar-refractivity contribution in [3.63, 3.8) is 0 Å². The van der Waals surface area contributed by atoms with Crippen molar-refractivity contribution in [1.29, 1.82) is 0 Å². The molecule has 0 aliphatic heterocycles. The molecule has 2 rings (SSSR count). The number of nitrogens with zero attached hydrogens (tertiary/aromatic N) is 3. The minimum absolute atomic E-state index is 0.105. The van der Waals surface area contributed by atoms with E-state index in [2.05, 4.69) is 10.4 Å². The summed E-state index contributed by atoms with van der Waals surface area (Å²) in [5.41, 5.74) is 0. The molecular formula is C13H18N4OS. The molecule has 0 bridgehead atoms. The van der Waals surface area contributed by atoms with Crippen molar-refractivity contribution in [2.24, 2.45) is 0 Å². The molecule has 2 heterocycles. The van der Waals surface area contributed by atoms with E-state index in [1.54, 1.807) is 22.4 Å². The van der Waals surface area contributed by atoms with Crippen LogP contribution in [0.15, 0.2) is 36.0 Å². The number of hydrogen-bond donors (Lipinski definition) is 1. The van der Waals surface area contributed by atoms with Gasteiger partial charge in [0.25, 0.3) is 0 Å². The fourth-order valence-electron chi connectivity index (χ4n) is 1.68. The highest BCUT2D eigenvalue weighted by atomic mass is 32.1. The maximum atomic E-state index is 11.9. The Morgan fingerprint density at radius 3 is 3.11 bits per heavy atom. The molecule has 5 nitrogen and oxygen atoms in total. The molecule has 0 unspecified atom stereocenters. The van der Waals surface area contributed by atoms with Crippen molar-refractivity contribution in [2.75, 3.05) is 20.1 Å². The number of aromatic nitrogens is 2. The van der Waals surface area contributed by atoms with E-state index in [-0.39, 0.29) is 5.91 Å². The van der Waals surface area contributed by atoms with Crippen LogP contribution in [0.25, 0.3) is 0 Å². The maximum absolute atomic E-state index is 11.9. The second-order valence-corrected chi connectivity index (χ2v) is 5.31. The van der Waals surface area contributed by atoms with E-state index >= 15 is 0 Å². The van der Waals surface area contributed by atoms with E-state index in [1.165, 1.54) is 4.88 Å². The number of amides is 1. The molecule has 0 saturated heterocycles. The lowest BCUT2D eigenvalue weighted by Crippen LogP contribution is -2.36. The summed E-state index contributed by atoms with van der Waals surface area (Å²) >= 11 is 1.67. The van der Waals surface area contributed by atoms with Gasteiger partial charge < -0.3 is 10.2 Å². The molecule has 0 saturated carbocycles. The summed E-state index contributed by atoms with van der Waals surface area (Å²) < 4.78 is 1.84. The van der Waals surface area contributed by atoms with Crippen LogP contribution in [0.2, 0.25) is 0 Å². The highest BCUT2D eigenvalue weighted by Crippen LogP contribution is 2.10. The summed E-state index contributed by atoms with van der Waals surface area (Å²) in [6.45, 7) is 2.55. The van der Waals surface area contributed by atoms with Gasteiger partial charge in [0.05, 0.1) is 19.6 Å². The van der Waals surface area contributed by atoms with Gasteiger partial charge in [-0.15, -0.1) is 11.3 Å². The first-order valence-electron chi connectivity index (χ1n) is 6.20. The van der Waals surface area contributed by atoms with Gasteiger partial charge in [-0.05, 0) is 17.5 Å². The van der Waals surface area contributed by atoms with Gasteiger partial charge in [0.1, 0.15) is 0 Å². The van der Waals surface area contributed by atoms with Gasteiger partial charge in [-0.2, -0.15) is 5.10 Å². The molecule has 0 aliphatic rings. The second-order valence-electron chi connectivity index (χ2n) is 4.28. The van der Waals surface area contributed by atoms with E-state index in [0.29, 0.717) is 13.1 Å². The fraction of sp³-hybridized carbons (Fsp3) is 0.385. The van der Waals surface area contributed by atoms with E-state index in [0.717, 1.165) is 13.1 Å². The molecule has 1 amide bonds. The third-order valence-electron chi connectivity index (χ3n) is 2.75. The summed E-state index contributed by atoms with van der Waals surface area (Å²) in [6.07, 6.45) is 3.66. The molecule has 0 radical (unpaired) electrons. The molecule has 19 heavy (non-hydrogen) atoms. The summed E-state index contributed by atoms with van der Waals surface area (Å²) in [6, 6.07) is 5.93. The number of carbonyl (C=O) groups excluding carboxylic acids is 1. The summed E-state index contributed by atoms with van der Waals surface area (Å²) in [5.74, 6) is 0.105. The number of carbonyl (C=O) groups is 1. The highest BCUT2D eigenvalue weighted by Gasteiger charge is 2.08. The van der Waals surface area contributed by atoms with Crippen molar-refractivity contribution in [2.45, 2.75) is 13.1 Å². The monoisotopic (exact) mass is 278 g/mol. The first-order valence-corrected chi connectivity index (χ1v) is 7.08. The van der Waals surface area contributed by atoms with E-state index in [1.807, 2.05) is 41.5 Å². The largest absolute Gasteiger partial charge is 0.340 e. The van der Waals surface area contributed by atoms with Crippen LogP contribution in [0.4, 0.5) is 0 Å². The van der Waals surface area contributed by atoms with Crippen LogP contribution < -0.4 is 5.32 Å². The molecule has 0 fully saturated rings. The zero-order valence-corrected chi connectivity index (χ0v) is 11.8. The average Bonchev–Trinajstić information content (AvgIpc) is 3.07. The summed E-state index contributed by atoms with van der Waals surface area (Å²) in [7, 11) is 1.83. The number of thiophene rings is 1. The first-order chi connectivity index (χ1) is 9.25. The second kappa shape index (κ2) is 7.06. The van der Waals surface area contributed by atoms with E-state index < -0.39 is 0 Å². The van der Waals surface area contributed by atoms with Crippen LogP contribution in [0, 0.1) is 0 Å². The standard InChI is InChI=1S/C13H18N4OS/c1-16(11-12-4-2-9-19-12)13(18)10-14-6-8-17-7-3-5-15-17/h2-5,7,9,14H,6,8,10-11H2,1H3. The van der Waals surface area contributed by atoms with Gasteiger partial charge >= 0.3 is 0 Å². The van der Waals surface area contributed by atoms with Crippen molar-refractivity contribution >= 4 is 17.2 Å². The Balaban J connectivity index is 1.63. The lowest BCUT2D eigenvalue weighted by atomic mass is 10.4. The van der Waals surface area contributed by atoms with Gasteiger partial charge in [0, 0.05) is 30.9 Å². The number of likely N-dealkylation sites (N-methyl/N-ethyl adjacent to an activating group) is 1. The smallest absolute Gasteiger partial charge is 0.236 e. The average molecular weight is 278 g/mol. The zero-order valence-electron chi connectivity index (χ0n) is 11.0. The minimum Gasteiger partial charge on any atom is -0.340 e. The van der Waals surface area contributed by atoms with Crippen molar-refractivity contribution < 1.29 is 4.79 Å². The maximum Gasteiger partial charge on any atom is 0.236 e. The molecule has 0 atom stereocenters. The van der Waals surface area contributed by atoms with Gasteiger partial charge in [-0.1, -0.05) is 6.07 Å². The third-order valence-corrected chi connectivity index (χ3v) is 3.61. The third kappa shape index (κ3) is 4.50. The van der Waals surface area contributed by atoms with Crippen molar-refractivity contribution in [1.82, 2.24) is 20.0 Å². The molecule has 0 spiro atoms. The number of hydrogen-bond acceptors (Lipinski definition) is 4. The Morgan fingerprint density at radius 1 is 1.53 bits per heavy atom. The van der Waals surface area contributed by atoms with Crippen molar-refractivity contribution in [3.05, 3.63) is 40.8 Å². The van der Waals surface area contributed by atoms with Gasteiger partial charge in [-0.25, -0.2) is 0 Å². The molecular weight excluding hydrogens is 260 g/mol. The van der Waals surface area contributed by atoms with Crippen LogP contribution in [-0.4, -0.2) is 40.7 Å². The normalized spacial score (nSPS) is 10.6. The van der Waals surface area contributed by atoms with E-state index in [9.17, 15) is 4.79 Å². The Bertz CT molecular complexity index is 481. The highest BCUT2D eigenvalue weighted by molar-refractivity contribution is 7.09. The summed E-state index contributed by atoms with van der Waals surface area (Å²) in [4.78, 5) is 14.8. The van der Waals surface area contributed by atoms with Gasteiger partial charge in [-0.3, -0.25) is 9.48 Å². The predicted octanol–water partition coefficient (Wildman–Crippen LogP) is 1.19. The minimum atomic E-state index is 0.105. The van der Waals surface area contributed by atoms with Crippen LogP contribution in [-0.2, 0) is 17.9 Å². The Labute approximate surface area is 116 Å². The van der Waals surface area contributed by atoms with Crippen LogP contribution >= 0.6 is 11.3 Å². The first kappa shape index (κ1) is 13.8. The lowest BCUT2D eigenvalue weighted by Gasteiger charge is -2.16. The van der Waals surface area contributed by atoms with Crippen LogP contribution in [0.5, 0.6) is 0 Å².